The summed E-state index contributed by atoms with van der Waals surface area (Å²) in [5.74, 6) is 0.329. The predicted octanol–water partition coefficient (Wildman–Crippen LogP) is 3.08. The Bertz CT molecular complexity index is 910. The van der Waals surface area contributed by atoms with Crippen molar-refractivity contribution in [3.05, 3.63) is 41.8 Å². The summed E-state index contributed by atoms with van der Waals surface area (Å²) in [6, 6.07) is 11.8. The van der Waals surface area contributed by atoms with E-state index in [1.807, 2.05) is 24.3 Å². The van der Waals surface area contributed by atoms with E-state index in [1.54, 1.807) is 17.5 Å². The minimum absolute atomic E-state index is 0.329. The molecule has 132 valence electrons. The monoisotopic (exact) mass is 377 g/mol. The van der Waals surface area contributed by atoms with Gasteiger partial charge in [0.1, 0.15) is 9.73 Å². The highest BCUT2D eigenvalue weighted by atomic mass is 32.2. The quantitative estimate of drug-likeness (QED) is 0.739. The van der Waals surface area contributed by atoms with Crippen LogP contribution < -0.4 is 9.62 Å². The van der Waals surface area contributed by atoms with E-state index in [0.717, 1.165) is 37.0 Å². The summed E-state index contributed by atoms with van der Waals surface area (Å²) in [6.07, 6.45) is 1.82. The lowest BCUT2D eigenvalue weighted by molar-refractivity contribution is 0.387. The van der Waals surface area contributed by atoms with Crippen molar-refractivity contribution in [1.82, 2.24) is 9.71 Å². The second-order valence-corrected chi connectivity index (χ2v) is 9.12. The molecular formula is C17H19N3O3S2. The van der Waals surface area contributed by atoms with E-state index in [2.05, 4.69) is 14.6 Å². The summed E-state index contributed by atoms with van der Waals surface area (Å²) >= 11 is 1.24. The molecule has 0 spiro atoms. The van der Waals surface area contributed by atoms with Gasteiger partial charge in [0.15, 0.2) is 5.58 Å². The van der Waals surface area contributed by atoms with Crippen LogP contribution in [0.1, 0.15) is 12.8 Å². The number of piperidine rings is 1. The molecule has 1 aliphatic heterocycles. The van der Waals surface area contributed by atoms with Crippen LogP contribution in [0.25, 0.3) is 11.1 Å². The minimum atomic E-state index is -3.38. The van der Waals surface area contributed by atoms with Crippen molar-refractivity contribution in [3.8, 4) is 0 Å². The molecule has 1 aromatic carbocycles. The van der Waals surface area contributed by atoms with Crippen LogP contribution in [0, 0.1) is 5.92 Å². The lowest BCUT2D eigenvalue weighted by Crippen LogP contribution is -2.38. The molecule has 1 aliphatic rings. The maximum Gasteiger partial charge on any atom is 0.298 e. The summed E-state index contributed by atoms with van der Waals surface area (Å²) in [6.45, 7) is 2.11. The Morgan fingerprint density at radius 1 is 1.20 bits per heavy atom. The number of fused-ring (bicyclic) bond motifs is 1. The molecule has 1 fully saturated rings. The van der Waals surface area contributed by atoms with Crippen molar-refractivity contribution in [1.29, 1.82) is 0 Å². The molecule has 0 amide bonds. The van der Waals surface area contributed by atoms with E-state index < -0.39 is 10.0 Å². The van der Waals surface area contributed by atoms with Crippen LogP contribution in [0.3, 0.4) is 0 Å². The molecule has 0 atom stereocenters. The summed E-state index contributed by atoms with van der Waals surface area (Å²) in [5, 5.41) is 1.77. The third-order valence-corrected chi connectivity index (χ3v) is 7.31. The first-order chi connectivity index (χ1) is 12.1. The Hall–Kier alpha value is -1.90. The number of hydrogen-bond donors (Lipinski definition) is 1. The first-order valence-electron chi connectivity index (χ1n) is 8.25. The van der Waals surface area contributed by atoms with Crippen molar-refractivity contribution in [2.24, 2.45) is 5.92 Å². The number of hydrogen-bond acceptors (Lipinski definition) is 6. The standard InChI is InChI=1S/C17H19N3O3S2/c21-25(22,16-6-3-11-24-16)18-12-13-7-9-20(10-8-13)17-19-14-4-1-2-5-15(14)23-17/h1-6,11,13,18H,7-10,12H2. The Labute approximate surface area is 150 Å². The van der Waals surface area contributed by atoms with Crippen LogP contribution in [-0.4, -0.2) is 33.0 Å². The fourth-order valence-electron chi connectivity index (χ4n) is 3.04. The number of nitrogens with zero attached hydrogens (tertiary/aromatic N) is 2. The molecule has 1 saturated heterocycles. The number of thiophene rings is 1. The molecule has 0 saturated carbocycles. The Kier molecular flexibility index (Phi) is 4.49. The van der Waals surface area contributed by atoms with Gasteiger partial charge in [0.05, 0.1) is 0 Å². The van der Waals surface area contributed by atoms with Gasteiger partial charge < -0.3 is 9.32 Å². The number of para-hydroxylation sites is 2. The fraction of sp³-hybridized carbons (Fsp3) is 0.353. The van der Waals surface area contributed by atoms with Crippen molar-refractivity contribution in [2.75, 3.05) is 24.5 Å². The largest absolute Gasteiger partial charge is 0.423 e. The number of anilines is 1. The maximum atomic E-state index is 12.2. The average Bonchev–Trinajstić information content (AvgIpc) is 3.30. The van der Waals surface area contributed by atoms with Crippen molar-refractivity contribution < 1.29 is 12.8 Å². The van der Waals surface area contributed by atoms with Gasteiger partial charge in [0.25, 0.3) is 6.01 Å². The second-order valence-electron chi connectivity index (χ2n) is 6.18. The van der Waals surface area contributed by atoms with Crippen LogP contribution in [0.15, 0.2) is 50.4 Å². The number of aromatic nitrogens is 1. The van der Waals surface area contributed by atoms with Crippen LogP contribution in [0.4, 0.5) is 6.01 Å². The number of sulfonamides is 1. The van der Waals surface area contributed by atoms with Gasteiger partial charge in [-0.15, -0.1) is 11.3 Å². The average molecular weight is 377 g/mol. The van der Waals surface area contributed by atoms with Gasteiger partial charge in [0, 0.05) is 19.6 Å². The SMILES string of the molecule is O=S(=O)(NCC1CCN(c2nc3ccccc3o2)CC1)c1cccs1. The second kappa shape index (κ2) is 6.78. The molecule has 6 nitrogen and oxygen atoms in total. The first-order valence-corrected chi connectivity index (χ1v) is 10.6. The van der Waals surface area contributed by atoms with Crippen molar-refractivity contribution in [2.45, 2.75) is 17.1 Å². The van der Waals surface area contributed by atoms with Crippen LogP contribution >= 0.6 is 11.3 Å². The lowest BCUT2D eigenvalue weighted by atomic mass is 9.97. The third kappa shape index (κ3) is 3.56. The molecule has 8 heteroatoms. The normalized spacial score (nSPS) is 16.6. The van der Waals surface area contributed by atoms with Crippen LogP contribution in [0.5, 0.6) is 0 Å². The summed E-state index contributed by atoms with van der Waals surface area (Å²) in [7, 11) is -3.38. The molecule has 25 heavy (non-hydrogen) atoms. The van der Waals surface area contributed by atoms with Gasteiger partial charge in [-0.1, -0.05) is 18.2 Å². The zero-order chi connectivity index (χ0) is 17.3. The number of oxazole rings is 1. The zero-order valence-electron chi connectivity index (χ0n) is 13.6. The van der Waals surface area contributed by atoms with E-state index in [9.17, 15) is 8.42 Å². The summed E-state index contributed by atoms with van der Waals surface area (Å²) in [5.41, 5.74) is 1.66. The molecular weight excluding hydrogens is 358 g/mol. The first kappa shape index (κ1) is 16.6. The molecule has 4 rings (SSSR count). The summed E-state index contributed by atoms with van der Waals surface area (Å²) in [4.78, 5) is 6.66. The highest BCUT2D eigenvalue weighted by Crippen LogP contribution is 2.26. The number of rotatable bonds is 5. The minimum Gasteiger partial charge on any atom is -0.423 e. The van der Waals surface area contributed by atoms with Gasteiger partial charge in [-0.3, -0.25) is 0 Å². The molecule has 2 aromatic heterocycles. The molecule has 3 heterocycles. The Morgan fingerprint density at radius 2 is 2.00 bits per heavy atom. The lowest BCUT2D eigenvalue weighted by Gasteiger charge is -2.30. The van der Waals surface area contributed by atoms with E-state index in [4.69, 9.17) is 4.42 Å². The van der Waals surface area contributed by atoms with E-state index in [0.29, 0.717) is 22.7 Å². The maximum absolute atomic E-state index is 12.2. The van der Waals surface area contributed by atoms with Gasteiger partial charge in [-0.2, -0.15) is 4.98 Å². The highest BCUT2D eigenvalue weighted by molar-refractivity contribution is 7.91. The van der Waals surface area contributed by atoms with Crippen LogP contribution in [-0.2, 0) is 10.0 Å². The van der Waals surface area contributed by atoms with Gasteiger partial charge >= 0.3 is 0 Å². The number of nitrogens with one attached hydrogen (secondary N) is 1. The molecule has 1 N–H and O–H groups in total. The highest BCUT2D eigenvalue weighted by Gasteiger charge is 2.24. The van der Waals surface area contributed by atoms with Crippen molar-refractivity contribution in [3.63, 3.8) is 0 Å². The Morgan fingerprint density at radius 3 is 2.72 bits per heavy atom. The van der Waals surface area contributed by atoms with E-state index in [-0.39, 0.29) is 0 Å². The third-order valence-electron chi connectivity index (χ3n) is 4.49. The number of benzene rings is 1. The summed E-state index contributed by atoms with van der Waals surface area (Å²) < 4.78 is 33.3. The smallest absolute Gasteiger partial charge is 0.298 e. The Balaban J connectivity index is 1.34. The molecule has 0 radical (unpaired) electrons. The molecule has 0 aliphatic carbocycles. The van der Waals surface area contributed by atoms with Gasteiger partial charge in [-0.05, 0) is 42.3 Å². The van der Waals surface area contributed by atoms with Gasteiger partial charge in [0.2, 0.25) is 10.0 Å². The zero-order valence-corrected chi connectivity index (χ0v) is 15.2. The molecule has 0 unspecified atom stereocenters. The topological polar surface area (TPSA) is 75.4 Å². The van der Waals surface area contributed by atoms with E-state index in [1.165, 1.54) is 11.3 Å². The van der Waals surface area contributed by atoms with E-state index >= 15 is 0 Å². The predicted molar refractivity (Wildman–Crippen MR) is 98.5 cm³/mol. The van der Waals surface area contributed by atoms with Crippen LogP contribution in [0.2, 0.25) is 0 Å². The molecule has 0 bridgehead atoms. The fourth-order valence-corrected chi connectivity index (χ4v) is 5.19. The van der Waals surface area contributed by atoms with Crippen molar-refractivity contribution >= 4 is 38.5 Å². The van der Waals surface area contributed by atoms with Gasteiger partial charge in [-0.25, -0.2) is 13.1 Å². The molecule has 3 aromatic rings.